The maximum absolute atomic E-state index is 12.4. The molecule has 1 saturated heterocycles. The molecule has 0 aromatic heterocycles. The third-order valence-corrected chi connectivity index (χ3v) is 5.58. The highest BCUT2D eigenvalue weighted by Gasteiger charge is 2.19. The number of hydrogen-bond donors (Lipinski definition) is 1. The summed E-state index contributed by atoms with van der Waals surface area (Å²) >= 11 is 8.14. The molecule has 1 aromatic rings. The molecule has 0 unspecified atom stereocenters. The van der Waals surface area contributed by atoms with Crippen molar-refractivity contribution in [3.05, 3.63) is 38.9 Å². The maximum Gasteiger partial charge on any atom is 0.255 e. The Morgan fingerprint density at radius 2 is 2.04 bits per heavy atom. The number of rotatable bonds is 6. The van der Waals surface area contributed by atoms with Crippen LogP contribution in [0.2, 0.25) is 5.02 Å². The van der Waals surface area contributed by atoms with Crippen LogP contribution in [0.3, 0.4) is 0 Å². The summed E-state index contributed by atoms with van der Waals surface area (Å²) in [5.41, 5.74) is 0.470. The zero-order chi connectivity index (χ0) is 18.4. The predicted octanol–water partition coefficient (Wildman–Crippen LogP) is 2.01. The number of nitrogens with one attached hydrogen (secondary N) is 1. The summed E-state index contributed by atoms with van der Waals surface area (Å²) in [6, 6.07) is 3.37. The number of methoxy groups -OCH3 is 1. The van der Waals surface area contributed by atoms with Crippen molar-refractivity contribution >= 4 is 46.0 Å². The van der Waals surface area contributed by atoms with Crippen molar-refractivity contribution in [2.45, 2.75) is 0 Å². The van der Waals surface area contributed by atoms with Gasteiger partial charge in [0, 0.05) is 48.9 Å². The highest BCUT2D eigenvalue weighted by Crippen LogP contribution is 2.28. The van der Waals surface area contributed by atoms with Gasteiger partial charge in [-0.25, -0.2) is 0 Å². The van der Waals surface area contributed by atoms with Crippen LogP contribution in [0.1, 0.15) is 10.4 Å². The lowest BCUT2D eigenvalue weighted by Crippen LogP contribution is -2.49. The van der Waals surface area contributed by atoms with Gasteiger partial charge in [-0.05, 0) is 34.7 Å². The van der Waals surface area contributed by atoms with E-state index in [2.05, 4.69) is 39.4 Å². The van der Waals surface area contributed by atoms with Crippen LogP contribution >= 0.6 is 34.2 Å². The van der Waals surface area contributed by atoms with Crippen molar-refractivity contribution in [3.63, 3.8) is 0 Å². The summed E-state index contributed by atoms with van der Waals surface area (Å²) in [6.45, 7) is 7.71. The van der Waals surface area contributed by atoms with Crippen LogP contribution in [0.15, 0.2) is 24.8 Å². The Morgan fingerprint density at radius 1 is 1.36 bits per heavy atom. The van der Waals surface area contributed by atoms with Gasteiger partial charge in [0.25, 0.3) is 5.91 Å². The number of carbonyl (C=O) groups excluding carboxylic acids is 2. The second-order valence-corrected chi connectivity index (χ2v) is 7.16. The average molecular weight is 478 g/mol. The van der Waals surface area contributed by atoms with Gasteiger partial charge in [0.2, 0.25) is 5.91 Å². The number of amides is 2. The lowest BCUT2D eigenvalue weighted by Gasteiger charge is -2.34. The van der Waals surface area contributed by atoms with E-state index in [1.165, 1.54) is 13.2 Å². The monoisotopic (exact) mass is 477 g/mol. The second kappa shape index (κ2) is 9.40. The van der Waals surface area contributed by atoms with E-state index < -0.39 is 0 Å². The van der Waals surface area contributed by atoms with Crippen LogP contribution in [-0.4, -0.2) is 68.0 Å². The van der Waals surface area contributed by atoms with Gasteiger partial charge >= 0.3 is 0 Å². The third-order valence-electron chi connectivity index (χ3n) is 4.06. The molecule has 0 radical (unpaired) electrons. The Bertz CT molecular complexity index is 661. The Balaban J connectivity index is 1.83. The molecule has 136 valence electrons. The Morgan fingerprint density at radius 3 is 2.64 bits per heavy atom. The van der Waals surface area contributed by atoms with Crippen molar-refractivity contribution < 1.29 is 14.3 Å². The smallest absolute Gasteiger partial charge is 0.255 e. The summed E-state index contributed by atoms with van der Waals surface area (Å²) in [7, 11) is 1.51. The molecule has 25 heavy (non-hydrogen) atoms. The van der Waals surface area contributed by atoms with Crippen LogP contribution in [-0.2, 0) is 4.79 Å². The molecule has 1 fully saturated rings. The third kappa shape index (κ3) is 5.32. The van der Waals surface area contributed by atoms with Gasteiger partial charge in [0.1, 0.15) is 5.75 Å². The first-order chi connectivity index (χ1) is 12.0. The largest absolute Gasteiger partial charge is 0.496 e. The number of carbonyl (C=O) groups is 2. The van der Waals surface area contributed by atoms with Crippen LogP contribution in [0.25, 0.3) is 0 Å². The van der Waals surface area contributed by atoms with E-state index in [0.717, 1.165) is 23.2 Å². The van der Waals surface area contributed by atoms with E-state index in [-0.39, 0.29) is 11.8 Å². The van der Waals surface area contributed by atoms with Crippen molar-refractivity contribution in [2.24, 2.45) is 0 Å². The lowest BCUT2D eigenvalue weighted by atomic mass is 10.2. The fraction of sp³-hybridized carbons (Fsp3) is 0.412. The van der Waals surface area contributed by atoms with E-state index in [1.807, 2.05) is 0 Å². The molecule has 8 heteroatoms. The number of nitrogens with zero attached hydrogens (tertiary/aromatic N) is 2. The Kier molecular flexibility index (Phi) is 7.52. The number of halogens is 2. The quantitative estimate of drug-likeness (QED) is 0.503. The van der Waals surface area contributed by atoms with E-state index in [0.29, 0.717) is 36.0 Å². The van der Waals surface area contributed by atoms with E-state index in [1.54, 1.807) is 17.0 Å². The lowest BCUT2D eigenvalue weighted by molar-refractivity contribution is -0.127. The van der Waals surface area contributed by atoms with Gasteiger partial charge in [-0.3, -0.25) is 14.5 Å². The summed E-state index contributed by atoms with van der Waals surface area (Å²) in [5, 5.41) is 3.47. The van der Waals surface area contributed by atoms with Crippen LogP contribution < -0.4 is 10.1 Å². The summed E-state index contributed by atoms with van der Waals surface area (Å²) < 4.78 is 6.04. The molecule has 6 nitrogen and oxygen atoms in total. The average Bonchev–Trinajstić information content (AvgIpc) is 2.63. The maximum atomic E-state index is 12.4. The minimum Gasteiger partial charge on any atom is -0.496 e. The van der Waals surface area contributed by atoms with Gasteiger partial charge in [-0.15, -0.1) is 0 Å². The van der Waals surface area contributed by atoms with Crippen LogP contribution in [0.5, 0.6) is 5.75 Å². The van der Waals surface area contributed by atoms with Gasteiger partial charge < -0.3 is 15.0 Å². The highest BCUT2D eigenvalue weighted by atomic mass is 127. The molecule has 0 aliphatic carbocycles. The molecule has 1 heterocycles. The fourth-order valence-electron chi connectivity index (χ4n) is 2.62. The van der Waals surface area contributed by atoms with Gasteiger partial charge in [0.05, 0.1) is 17.7 Å². The number of hydrogen-bond acceptors (Lipinski definition) is 4. The zero-order valence-corrected chi connectivity index (χ0v) is 17.0. The Hall–Kier alpha value is -1.32. The molecule has 1 aliphatic rings. The van der Waals surface area contributed by atoms with E-state index >= 15 is 0 Å². The highest BCUT2D eigenvalue weighted by molar-refractivity contribution is 14.1. The first kappa shape index (κ1) is 20.0. The van der Waals surface area contributed by atoms with Crippen molar-refractivity contribution in [1.29, 1.82) is 0 Å². The van der Waals surface area contributed by atoms with Crippen molar-refractivity contribution in [1.82, 2.24) is 15.1 Å². The minimum atomic E-state index is -0.188. The predicted molar refractivity (Wildman–Crippen MR) is 106 cm³/mol. The molecule has 0 bridgehead atoms. The topological polar surface area (TPSA) is 61.9 Å². The SMILES string of the molecule is C=CC(=O)N1CCN(CCNC(=O)c2cc(I)c(Cl)cc2OC)CC1. The number of ether oxygens (including phenoxy) is 1. The van der Waals surface area contributed by atoms with Crippen LogP contribution in [0, 0.1) is 3.57 Å². The molecule has 1 aromatic carbocycles. The molecule has 0 saturated carbocycles. The molecule has 2 amide bonds. The van der Waals surface area contributed by atoms with Gasteiger partial charge in [-0.1, -0.05) is 18.2 Å². The second-order valence-electron chi connectivity index (χ2n) is 5.59. The molecule has 2 rings (SSSR count). The van der Waals surface area contributed by atoms with E-state index in [9.17, 15) is 9.59 Å². The summed E-state index contributed by atoms with van der Waals surface area (Å²) in [5.74, 6) is 0.240. The molecular weight excluding hydrogens is 457 g/mol. The first-order valence-corrected chi connectivity index (χ1v) is 9.37. The summed E-state index contributed by atoms with van der Waals surface area (Å²) in [6.07, 6.45) is 1.34. The van der Waals surface area contributed by atoms with Gasteiger partial charge in [-0.2, -0.15) is 0 Å². The molecule has 0 atom stereocenters. The number of piperazine rings is 1. The number of benzene rings is 1. The van der Waals surface area contributed by atoms with Crippen molar-refractivity contribution in [2.75, 3.05) is 46.4 Å². The van der Waals surface area contributed by atoms with Crippen LogP contribution in [0.4, 0.5) is 0 Å². The van der Waals surface area contributed by atoms with Crippen molar-refractivity contribution in [3.8, 4) is 5.75 Å². The minimum absolute atomic E-state index is 0.0302. The molecule has 1 N–H and O–H groups in total. The molecule has 1 aliphatic heterocycles. The molecule has 0 spiro atoms. The first-order valence-electron chi connectivity index (χ1n) is 7.91. The van der Waals surface area contributed by atoms with E-state index in [4.69, 9.17) is 16.3 Å². The standard InChI is InChI=1S/C17H21ClIN3O3/c1-3-16(23)22-8-6-21(7-9-22)5-4-20-17(24)12-10-14(19)13(18)11-15(12)25-2/h3,10-11H,1,4-9H2,2H3,(H,20,24). The fourth-order valence-corrected chi connectivity index (χ4v) is 3.24. The normalized spacial score (nSPS) is 14.9. The zero-order valence-electron chi connectivity index (χ0n) is 14.1. The Labute approximate surface area is 166 Å². The van der Waals surface area contributed by atoms with Gasteiger partial charge in [0.15, 0.2) is 0 Å². The molecular formula is C17H21ClIN3O3. The summed E-state index contributed by atoms with van der Waals surface area (Å²) in [4.78, 5) is 27.9.